The lowest BCUT2D eigenvalue weighted by Crippen LogP contribution is -2.09. The summed E-state index contributed by atoms with van der Waals surface area (Å²) in [6, 6.07) is 8.19. The van der Waals surface area contributed by atoms with Gasteiger partial charge in [0.05, 0.1) is 24.2 Å². The molecule has 0 aliphatic carbocycles. The predicted octanol–water partition coefficient (Wildman–Crippen LogP) is 5.03. The van der Waals surface area contributed by atoms with Crippen LogP contribution in [0.5, 0.6) is 23.0 Å². The minimum Gasteiger partial charge on any atom is -0.507 e. The van der Waals surface area contributed by atoms with E-state index < -0.39 is 16.9 Å². The number of hydrogen-bond donors (Lipinski definition) is 2. The highest BCUT2D eigenvalue weighted by atomic mass is 16.5. The molecule has 8 heteroatoms. The smallest absolute Gasteiger partial charge is 0.358 e. The first-order chi connectivity index (χ1) is 16.8. The summed E-state index contributed by atoms with van der Waals surface area (Å²) in [5.41, 5.74) is 0.457. The average molecular weight is 480 g/mol. The molecular formula is C27H29NO7. The monoisotopic (exact) mass is 479 g/mol. The summed E-state index contributed by atoms with van der Waals surface area (Å²) in [6.45, 7) is 6.01. The standard InChI is InChI=1S/C27H29NO7/c1-4-7-18-22(11-9-17(16(3)29)24(18)30)33-13-6-14-34-23-12-10-20-25(31)21(15-28)27(32)35-26(20)19(23)8-5-2/h9-12,30-31H,4-8,13-14H2,1-3H3. The maximum absolute atomic E-state index is 12.1. The maximum atomic E-state index is 12.1. The fraction of sp³-hybridized carbons (Fsp3) is 0.370. The number of hydrogen-bond acceptors (Lipinski definition) is 8. The van der Waals surface area contributed by atoms with Crippen LogP contribution in [0.2, 0.25) is 0 Å². The molecule has 3 aromatic rings. The van der Waals surface area contributed by atoms with Crippen molar-refractivity contribution in [3.8, 4) is 29.1 Å². The second kappa shape index (κ2) is 11.4. The number of ether oxygens (including phenoxy) is 2. The van der Waals surface area contributed by atoms with E-state index in [1.165, 1.54) is 6.92 Å². The fourth-order valence-corrected chi connectivity index (χ4v) is 3.96. The summed E-state index contributed by atoms with van der Waals surface area (Å²) in [5.74, 6) is 0.445. The quantitative estimate of drug-likeness (QED) is 0.222. The van der Waals surface area contributed by atoms with Crippen molar-refractivity contribution in [1.29, 1.82) is 5.26 Å². The molecular weight excluding hydrogens is 450 g/mol. The Balaban J connectivity index is 1.73. The van der Waals surface area contributed by atoms with Crippen LogP contribution in [0.15, 0.2) is 33.5 Å². The number of carbonyl (C=O) groups is 1. The summed E-state index contributed by atoms with van der Waals surface area (Å²) in [6.07, 6.45) is 3.22. The molecule has 8 nitrogen and oxygen atoms in total. The summed E-state index contributed by atoms with van der Waals surface area (Å²) >= 11 is 0. The van der Waals surface area contributed by atoms with Gasteiger partial charge in [-0.25, -0.2) is 4.79 Å². The zero-order valence-corrected chi connectivity index (χ0v) is 20.1. The molecule has 0 aliphatic heterocycles. The number of phenols is 1. The Kier molecular flexibility index (Phi) is 8.37. The Morgan fingerprint density at radius 1 is 0.971 bits per heavy atom. The van der Waals surface area contributed by atoms with Crippen LogP contribution in [0.1, 0.15) is 67.1 Å². The molecule has 0 bridgehead atoms. The van der Waals surface area contributed by atoms with Gasteiger partial charge in [0.2, 0.25) is 0 Å². The highest BCUT2D eigenvalue weighted by Crippen LogP contribution is 2.35. The van der Waals surface area contributed by atoms with Crippen LogP contribution in [-0.4, -0.2) is 29.2 Å². The van der Waals surface area contributed by atoms with E-state index in [0.29, 0.717) is 55.1 Å². The third-order valence-corrected chi connectivity index (χ3v) is 5.64. The van der Waals surface area contributed by atoms with E-state index in [1.807, 2.05) is 13.8 Å². The average Bonchev–Trinajstić information content (AvgIpc) is 2.82. The number of aromatic hydroxyl groups is 2. The second-order valence-electron chi connectivity index (χ2n) is 8.19. The SMILES string of the molecule is CCCc1c(OCCCOc2ccc3c(O)c(C#N)c(=O)oc3c2CCC)ccc(C(C)=O)c1O. The summed E-state index contributed by atoms with van der Waals surface area (Å²) in [7, 11) is 0. The van der Waals surface area contributed by atoms with Crippen molar-refractivity contribution >= 4 is 16.8 Å². The summed E-state index contributed by atoms with van der Waals surface area (Å²) in [4.78, 5) is 23.8. The van der Waals surface area contributed by atoms with E-state index in [9.17, 15) is 19.8 Å². The van der Waals surface area contributed by atoms with Gasteiger partial charge in [0.15, 0.2) is 17.1 Å². The van der Waals surface area contributed by atoms with E-state index in [4.69, 9.17) is 19.2 Å². The zero-order valence-electron chi connectivity index (χ0n) is 20.1. The number of aryl methyl sites for hydroxylation is 1. The summed E-state index contributed by atoms with van der Waals surface area (Å²) in [5, 5.41) is 30.2. The molecule has 0 unspecified atom stereocenters. The molecule has 0 spiro atoms. The lowest BCUT2D eigenvalue weighted by Gasteiger charge is -2.16. The van der Waals surface area contributed by atoms with Gasteiger partial charge >= 0.3 is 5.63 Å². The lowest BCUT2D eigenvalue weighted by molar-refractivity contribution is 0.101. The predicted molar refractivity (Wildman–Crippen MR) is 131 cm³/mol. The number of nitrogens with zero attached hydrogens (tertiary/aromatic N) is 1. The Morgan fingerprint density at radius 2 is 1.57 bits per heavy atom. The van der Waals surface area contributed by atoms with Crippen molar-refractivity contribution in [2.24, 2.45) is 0 Å². The molecule has 0 radical (unpaired) electrons. The molecule has 0 amide bonds. The minimum absolute atomic E-state index is 0.0298. The highest BCUT2D eigenvalue weighted by Gasteiger charge is 2.19. The van der Waals surface area contributed by atoms with Gasteiger partial charge in [-0.3, -0.25) is 4.79 Å². The van der Waals surface area contributed by atoms with E-state index in [2.05, 4.69) is 0 Å². The molecule has 0 fully saturated rings. The Bertz CT molecular complexity index is 1330. The Labute approximate surface area is 203 Å². The van der Waals surface area contributed by atoms with Gasteiger partial charge < -0.3 is 24.1 Å². The van der Waals surface area contributed by atoms with Crippen molar-refractivity contribution in [3.63, 3.8) is 0 Å². The minimum atomic E-state index is -0.887. The maximum Gasteiger partial charge on any atom is 0.358 e. The molecule has 0 saturated heterocycles. The molecule has 0 saturated carbocycles. The van der Waals surface area contributed by atoms with Crippen molar-refractivity contribution in [3.05, 3.63) is 56.9 Å². The number of carbonyl (C=O) groups excluding carboxylic acids is 1. The first kappa shape index (κ1) is 25.6. The molecule has 2 aromatic carbocycles. The van der Waals surface area contributed by atoms with Gasteiger partial charge in [0.1, 0.15) is 28.9 Å². The number of nitriles is 1. The molecule has 35 heavy (non-hydrogen) atoms. The fourth-order valence-electron chi connectivity index (χ4n) is 3.96. The van der Waals surface area contributed by atoms with Crippen LogP contribution in [-0.2, 0) is 12.8 Å². The van der Waals surface area contributed by atoms with Crippen LogP contribution in [0.3, 0.4) is 0 Å². The number of fused-ring (bicyclic) bond motifs is 1. The molecule has 2 N–H and O–H groups in total. The van der Waals surface area contributed by atoms with Gasteiger partial charge in [-0.1, -0.05) is 26.7 Å². The molecule has 3 rings (SSSR count). The Hall–Kier alpha value is -3.99. The van der Waals surface area contributed by atoms with Crippen LogP contribution < -0.4 is 15.1 Å². The Morgan fingerprint density at radius 3 is 2.17 bits per heavy atom. The first-order valence-corrected chi connectivity index (χ1v) is 11.7. The van der Waals surface area contributed by atoms with Crippen molar-refractivity contribution in [2.75, 3.05) is 13.2 Å². The largest absolute Gasteiger partial charge is 0.507 e. The molecule has 0 atom stereocenters. The number of Topliss-reactive ketones (excluding diaryl/α,β-unsaturated/α-hetero) is 1. The van der Waals surface area contributed by atoms with Gasteiger partial charge in [0.25, 0.3) is 0 Å². The van der Waals surface area contributed by atoms with Crippen molar-refractivity contribution in [1.82, 2.24) is 0 Å². The number of phenolic OH excluding ortho intramolecular Hbond substituents is 1. The zero-order chi connectivity index (χ0) is 25.5. The molecule has 184 valence electrons. The molecule has 1 aromatic heterocycles. The first-order valence-electron chi connectivity index (χ1n) is 11.7. The highest BCUT2D eigenvalue weighted by molar-refractivity contribution is 5.97. The topological polar surface area (TPSA) is 130 Å². The van der Waals surface area contributed by atoms with Gasteiger partial charge in [0, 0.05) is 17.5 Å². The number of benzene rings is 2. The lowest BCUT2D eigenvalue weighted by atomic mass is 10.0. The van der Waals surface area contributed by atoms with Crippen molar-refractivity contribution in [2.45, 2.75) is 52.9 Å². The number of rotatable bonds is 11. The van der Waals surface area contributed by atoms with Crippen LogP contribution in [0.25, 0.3) is 11.0 Å². The van der Waals surface area contributed by atoms with Gasteiger partial charge in [-0.2, -0.15) is 5.26 Å². The van der Waals surface area contributed by atoms with E-state index in [-0.39, 0.29) is 28.1 Å². The number of ketones is 1. The third kappa shape index (κ3) is 5.40. The van der Waals surface area contributed by atoms with E-state index in [1.54, 1.807) is 30.3 Å². The second-order valence-corrected chi connectivity index (χ2v) is 8.19. The van der Waals surface area contributed by atoms with Crippen LogP contribution in [0.4, 0.5) is 0 Å². The van der Waals surface area contributed by atoms with Gasteiger partial charge in [-0.15, -0.1) is 0 Å². The molecule has 1 heterocycles. The van der Waals surface area contributed by atoms with Crippen molar-refractivity contribution < 1.29 is 28.9 Å². The van der Waals surface area contributed by atoms with E-state index in [0.717, 1.165) is 12.8 Å². The van der Waals surface area contributed by atoms with E-state index >= 15 is 0 Å². The summed E-state index contributed by atoms with van der Waals surface area (Å²) < 4.78 is 17.2. The van der Waals surface area contributed by atoms with Gasteiger partial charge in [-0.05, 0) is 44.0 Å². The molecule has 0 aliphatic rings. The van der Waals surface area contributed by atoms with Crippen LogP contribution >= 0.6 is 0 Å². The third-order valence-electron chi connectivity index (χ3n) is 5.64. The normalized spacial score (nSPS) is 10.8. The van der Waals surface area contributed by atoms with Crippen LogP contribution in [0, 0.1) is 11.3 Å².